The molecule has 0 atom stereocenters. The average molecular weight is 244 g/mol. The lowest BCUT2D eigenvalue weighted by molar-refractivity contribution is 0.0693. The first-order valence-corrected chi connectivity index (χ1v) is 5.88. The normalized spacial score (nSPS) is 12.2. The Hall–Kier alpha value is -1.94. The summed E-state index contributed by atoms with van der Waals surface area (Å²) in [6.45, 7) is 0. The lowest BCUT2D eigenvalue weighted by Crippen LogP contribution is -2.03. The highest BCUT2D eigenvalue weighted by Crippen LogP contribution is 2.47. The zero-order valence-electron chi connectivity index (χ0n) is 8.71. The van der Waals surface area contributed by atoms with Gasteiger partial charge in [-0.3, -0.25) is 0 Å². The van der Waals surface area contributed by atoms with Gasteiger partial charge in [-0.25, -0.2) is 4.79 Å². The van der Waals surface area contributed by atoms with Crippen LogP contribution in [0.5, 0.6) is 11.5 Å². The zero-order valence-corrected chi connectivity index (χ0v) is 9.53. The maximum absolute atomic E-state index is 11.1. The lowest BCUT2D eigenvalue weighted by atomic mass is 10.2. The molecule has 0 unspecified atom stereocenters. The smallest absolute Gasteiger partial charge is 0.339 e. The predicted octanol–water partition coefficient (Wildman–Crippen LogP) is 3.64. The van der Waals surface area contributed by atoms with Crippen molar-refractivity contribution in [2.75, 3.05) is 0 Å². The van der Waals surface area contributed by atoms with Crippen molar-refractivity contribution in [1.29, 1.82) is 0 Å². The molecule has 0 aromatic heterocycles. The van der Waals surface area contributed by atoms with E-state index in [1.54, 1.807) is 12.1 Å². The van der Waals surface area contributed by atoms with Crippen molar-refractivity contribution < 1.29 is 14.6 Å². The average Bonchev–Trinajstić information content (AvgIpc) is 2.35. The van der Waals surface area contributed by atoms with Gasteiger partial charge in [0.25, 0.3) is 0 Å². The van der Waals surface area contributed by atoms with E-state index in [1.807, 2.05) is 30.3 Å². The molecule has 2 aromatic carbocycles. The van der Waals surface area contributed by atoms with Gasteiger partial charge in [0, 0.05) is 0 Å². The maximum atomic E-state index is 11.1. The van der Waals surface area contributed by atoms with Crippen LogP contribution in [0.3, 0.4) is 0 Å². The molecule has 0 radical (unpaired) electrons. The highest BCUT2D eigenvalue weighted by Gasteiger charge is 2.22. The molecule has 1 N–H and O–H groups in total. The van der Waals surface area contributed by atoms with Gasteiger partial charge in [-0.05, 0) is 24.3 Å². The van der Waals surface area contributed by atoms with Crippen molar-refractivity contribution in [3.63, 3.8) is 0 Å². The van der Waals surface area contributed by atoms with Gasteiger partial charge >= 0.3 is 5.97 Å². The molecule has 0 amide bonds. The molecule has 1 aliphatic heterocycles. The summed E-state index contributed by atoms with van der Waals surface area (Å²) in [6.07, 6.45) is 0. The fraction of sp³-hybridized carbons (Fsp3) is 0. The lowest BCUT2D eigenvalue weighted by Gasteiger charge is -2.20. The SMILES string of the molecule is O=C(O)c1cccc2c1Oc1ccccc1S2. The minimum atomic E-state index is -0.971. The molecule has 2 aromatic rings. The molecule has 0 spiro atoms. The van der Waals surface area contributed by atoms with Gasteiger partial charge in [-0.1, -0.05) is 30.0 Å². The van der Waals surface area contributed by atoms with E-state index in [-0.39, 0.29) is 5.56 Å². The number of fused-ring (bicyclic) bond motifs is 2. The van der Waals surface area contributed by atoms with Crippen molar-refractivity contribution >= 4 is 17.7 Å². The molecule has 0 bridgehead atoms. The summed E-state index contributed by atoms with van der Waals surface area (Å²) in [4.78, 5) is 12.9. The number of benzene rings is 2. The van der Waals surface area contributed by atoms with Gasteiger partial charge in [0.05, 0.1) is 9.79 Å². The number of hydrogen-bond donors (Lipinski definition) is 1. The molecule has 17 heavy (non-hydrogen) atoms. The van der Waals surface area contributed by atoms with Crippen LogP contribution in [0.1, 0.15) is 10.4 Å². The van der Waals surface area contributed by atoms with E-state index >= 15 is 0 Å². The van der Waals surface area contributed by atoms with E-state index < -0.39 is 5.97 Å². The summed E-state index contributed by atoms with van der Waals surface area (Å²) >= 11 is 1.53. The monoisotopic (exact) mass is 244 g/mol. The standard InChI is InChI=1S/C13H8O3S/c14-13(15)8-4-3-7-11-12(8)16-9-5-1-2-6-10(9)17-11/h1-7H,(H,14,15). The van der Waals surface area contributed by atoms with E-state index in [1.165, 1.54) is 11.8 Å². The third-order valence-corrected chi connectivity index (χ3v) is 3.59. The van der Waals surface area contributed by atoms with E-state index in [0.29, 0.717) is 11.5 Å². The van der Waals surface area contributed by atoms with Crippen LogP contribution in [-0.4, -0.2) is 11.1 Å². The Morgan fingerprint density at radius 2 is 1.82 bits per heavy atom. The van der Waals surface area contributed by atoms with Gasteiger partial charge in [0.1, 0.15) is 11.3 Å². The second-order valence-electron chi connectivity index (χ2n) is 3.59. The Morgan fingerprint density at radius 1 is 1.06 bits per heavy atom. The molecule has 3 nitrogen and oxygen atoms in total. The molecule has 0 saturated heterocycles. The Kier molecular flexibility index (Phi) is 2.30. The van der Waals surface area contributed by atoms with Crippen molar-refractivity contribution in [3.05, 3.63) is 48.0 Å². The largest absolute Gasteiger partial charge is 0.478 e. The van der Waals surface area contributed by atoms with Crippen LogP contribution in [-0.2, 0) is 0 Å². The number of aromatic carboxylic acids is 1. The third kappa shape index (κ3) is 1.66. The first kappa shape index (κ1) is 10.2. The van der Waals surface area contributed by atoms with Crippen LogP contribution in [0, 0.1) is 0 Å². The number of carbonyl (C=O) groups is 1. The predicted molar refractivity (Wildman–Crippen MR) is 64.0 cm³/mol. The Morgan fingerprint density at radius 3 is 2.65 bits per heavy atom. The van der Waals surface area contributed by atoms with Gasteiger partial charge in [-0.2, -0.15) is 0 Å². The van der Waals surface area contributed by atoms with Crippen LogP contribution in [0.4, 0.5) is 0 Å². The summed E-state index contributed by atoms with van der Waals surface area (Å²) in [5.41, 5.74) is 0.199. The molecule has 3 rings (SSSR count). The van der Waals surface area contributed by atoms with E-state index in [4.69, 9.17) is 9.84 Å². The molecule has 1 aliphatic rings. The quantitative estimate of drug-likeness (QED) is 0.709. The topological polar surface area (TPSA) is 46.5 Å². The van der Waals surface area contributed by atoms with Crippen molar-refractivity contribution in [3.8, 4) is 11.5 Å². The first-order valence-electron chi connectivity index (χ1n) is 5.07. The van der Waals surface area contributed by atoms with Gasteiger partial charge in [-0.15, -0.1) is 0 Å². The molecule has 1 heterocycles. The van der Waals surface area contributed by atoms with Crippen molar-refractivity contribution in [2.24, 2.45) is 0 Å². The Balaban J connectivity index is 2.15. The highest BCUT2D eigenvalue weighted by atomic mass is 32.2. The number of rotatable bonds is 1. The summed E-state index contributed by atoms with van der Waals surface area (Å²) < 4.78 is 5.67. The Bertz CT molecular complexity index is 607. The Labute approximate surface area is 102 Å². The summed E-state index contributed by atoms with van der Waals surface area (Å²) in [5.74, 6) is 0.171. The molecule has 4 heteroatoms. The van der Waals surface area contributed by atoms with E-state index in [0.717, 1.165) is 9.79 Å². The van der Waals surface area contributed by atoms with Gasteiger partial charge in [0.2, 0.25) is 0 Å². The van der Waals surface area contributed by atoms with E-state index in [2.05, 4.69) is 0 Å². The van der Waals surface area contributed by atoms with Crippen LogP contribution < -0.4 is 4.74 Å². The maximum Gasteiger partial charge on any atom is 0.339 e. The molecular formula is C13H8O3S. The molecule has 0 saturated carbocycles. The minimum absolute atomic E-state index is 0.199. The van der Waals surface area contributed by atoms with Crippen LogP contribution in [0.25, 0.3) is 0 Å². The first-order chi connectivity index (χ1) is 8.25. The van der Waals surface area contributed by atoms with Gasteiger partial charge in [0.15, 0.2) is 5.75 Å². The van der Waals surface area contributed by atoms with Crippen LogP contribution in [0.15, 0.2) is 52.3 Å². The third-order valence-electron chi connectivity index (χ3n) is 2.49. The summed E-state index contributed by atoms with van der Waals surface area (Å²) in [5, 5.41) is 9.10. The number of carboxylic acids is 1. The highest BCUT2D eigenvalue weighted by molar-refractivity contribution is 7.99. The second kappa shape index (κ2) is 3.82. The number of carboxylic acid groups (broad SMARTS) is 1. The fourth-order valence-corrected chi connectivity index (χ4v) is 2.70. The van der Waals surface area contributed by atoms with Crippen LogP contribution in [0.2, 0.25) is 0 Å². The zero-order chi connectivity index (χ0) is 11.8. The molecular weight excluding hydrogens is 236 g/mol. The molecule has 0 aliphatic carbocycles. The molecule has 84 valence electrons. The second-order valence-corrected chi connectivity index (χ2v) is 4.67. The molecule has 0 fully saturated rings. The van der Waals surface area contributed by atoms with Crippen molar-refractivity contribution in [2.45, 2.75) is 9.79 Å². The summed E-state index contributed by atoms with van der Waals surface area (Å²) in [6, 6.07) is 12.7. The number of hydrogen-bond acceptors (Lipinski definition) is 3. The number of ether oxygens (including phenoxy) is 1. The van der Waals surface area contributed by atoms with Crippen molar-refractivity contribution in [1.82, 2.24) is 0 Å². The minimum Gasteiger partial charge on any atom is -0.478 e. The summed E-state index contributed by atoms with van der Waals surface area (Å²) in [7, 11) is 0. The van der Waals surface area contributed by atoms with Gasteiger partial charge < -0.3 is 9.84 Å². The fourth-order valence-electron chi connectivity index (χ4n) is 1.72. The van der Waals surface area contributed by atoms with Crippen LogP contribution >= 0.6 is 11.8 Å². The number of para-hydroxylation sites is 2. The van der Waals surface area contributed by atoms with E-state index in [9.17, 15) is 4.79 Å².